The molecule has 1 fully saturated rings. The summed E-state index contributed by atoms with van der Waals surface area (Å²) in [5, 5.41) is 3.16. The zero-order valence-corrected chi connectivity index (χ0v) is 12.2. The number of amides is 1. The minimum atomic E-state index is -0.0450. The van der Waals surface area contributed by atoms with Gasteiger partial charge in [-0.25, -0.2) is 0 Å². The first-order valence-corrected chi connectivity index (χ1v) is 7.40. The number of hydrogen-bond acceptors (Lipinski definition) is 1. The van der Waals surface area contributed by atoms with Crippen LogP contribution < -0.4 is 5.32 Å². The van der Waals surface area contributed by atoms with E-state index in [9.17, 15) is 4.79 Å². The average Bonchev–Trinajstić information content (AvgIpc) is 2.28. The van der Waals surface area contributed by atoms with Gasteiger partial charge in [-0.15, -0.1) is 0 Å². The average molecular weight is 290 g/mol. The van der Waals surface area contributed by atoms with Crippen LogP contribution in [0.4, 0.5) is 0 Å². The van der Waals surface area contributed by atoms with Crippen molar-refractivity contribution >= 4 is 21.8 Å². The van der Waals surface area contributed by atoms with Crippen LogP contribution in [0, 0.1) is 11.8 Å². The van der Waals surface area contributed by atoms with Crippen LogP contribution in [0.15, 0.2) is 0 Å². The molecule has 0 aromatic carbocycles. The second kappa shape index (κ2) is 6.63. The van der Waals surface area contributed by atoms with Crippen molar-refractivity contribution in [1.82, 2.24) is 5.32 Å². The number of rotatable bonds is 4. The van der Waals surface area contributed by atoms with E-state index in [2.05, 4.69) is 42.0 Å². The van der Waals surface area contributed by atoms with E-state index >= 15 is 0 Å². The number of alkyl halides is 1. The second-order valence-corrected chi connectivity index (χ2v) is 6.27. The Bertz CT molecular complexity index is 222. The number of halogens is 1. The van der Waals surface area contributed by atoms with Gasteiger partial charge in [0.25, 0.3) is 0 Å². The molecule has 1 amide bonds. The maximum absolute atomic E-state index is 11.8. The fourth-order valence-corrected chi connectivity index (χ4v) is 2.43. The van der Waals surface area contributed by atoms with Crippen LogP contribution >= 0.6 is 15.9 Å². The molecule has 0 radical (unpaired) electrons. The van der Waals surface area contributed by atoms with Gasteiger partial charge in [0.2, 0.25) is 5.91 Å². The molecule has 94 valence electrons. The summed E-state index contributed by atoms with van der Waals surface area (Å²) in [7, 11) is 0. The lowest BCUT2D eigenvalue weighted by atomic mass is 9.84. The van der Waals surface area contributed by atoms with Crippen molar-refractivity contribution in [3.8, 4) is 0 Å². The monoisotopic (exact) mass is 289 g/mol. The van der Waals surface area contributed by atoms with E-state index in [1.54, 1.807) is 0 Å². The van der Waals surface area contributed by atoms with Gasteiger partial charge in [-0.2, -0.15) is 0 Å². The predicted molar refractivity (Wildman–Crippen MR) is 71.7 cm³/mol. The number of hydrogen-bond donors (Lipinski definition) is 1. The molecule has 0 aromatic heterocycles. The summed E-state index contributed by atoms with van der Waals surface area (Å²) in [6.45, 7) is 6.39. The first-order chi connectivity index (χ1) is 7.54. The Balaban J connectivity index is 2.31. The van der Waals surface area contributed by atoms with Gasteiger partial charge in [0, 0.05) is 6.04 Å². The molecule has 0 aliphatic heterocycles. The molecule has 1 unspecified atom stereocenters. The molecular formula is C13H24BrNO. The standard InChI is InChI=1S/C13H24BrNO/c1-4-10-5-7-11(8-6-10)15-13(16)12(14)9(2)3/h9-12H,4-8H2,1-3H3,(H,15,16). The van der Waals surface area contributed by atoms with E-state index in [1.165, 1.54) is 19.3 Å². The molecule has 0 bridgehead atoms. The molecule has 1 N–H and O–H groups in total. The summed E-state index contributed by atoms with van der Waals surface area (Å²) in [5.41, 5.74) is 0. The highest BCUT2D eigenvalue weighted by Gasteiger charge is 2.24. The Morgan fingerprint density at radius 3 is 2.31 bits per heavy atom. The first-order valence-electron chi connectivity index (χ1n) is 6.49. The lowest BCUT2D eigenvalue weighted by Crippen LogP contribution is -2.42. The van der Waals surface area contributed by atoms with Crippen molar-refractivity contribution in [3.05, 3.63) is 0 Å². The van der Waals surface area contributed by atoms with Crippen LogP contribution in [0.5, 0.6) is 0 Å². The van der Waals surface area contributed by atoms with Gasteiger partial charge in [0.05, 0.1) is 4.83 Å². The molecule has 0 spiro atoms. The molecule has 1 aliphatic rings. The molecule has 0 aromatic rings. The van der Waals surface area contributed by atoms with Crippen molar-refractivity contribution < 1.29 is 4.79 Å². The SMILES string of the molecule is CCC1CCC(NC(=O)C(Br)C(C)C)CC1. The van der Waals surface area contributed by atoms with Crippen molar-refractivity contribution in [2.24, 2.45) is 11.8 Å². The summed E-state index contributed by atoms with van der Waals surface area (Å²) in [4.78, 5) is 11.8. The van der Waals surface area contributed by atoms with Gasteiger partial charge in [0.1, 0.15) is 0 Å². The normalized spacial score (nSPS) is 27.8. The highest BCUT2D eigenvalue weighted by Crippen LogP contribution is 2.26. The molecule has 1 atom stereocenters. The molecule has 1 aliphatic carbocycles. The fourth-order valence-electron chi connectivity index (χ4n) is 2.30. The zero-order valence-electron chi connectivity index (χ0n) is 10.6. The maximum Gasteiger partial charge on any atom is 0.234 e. The van der Waals surface area contributed by atoms with Crippen molar-refractivity contribution in [2.45, 2.75) is 63.7 Å². The first kappa shape index (κ1) is 14.0. The fraction of sp³-hybridized carbons (Fsp3) is 0.923. The van der Waals surface area contributed by atoms with Gasteiger partial charge in [-0.1, -0.05) is 43.1 Å². The second-order valence-electron chi connectivity index (χ2n) is 5.28. The number of nitrogens with one attached hydrogen (secondary N) is 1. The Kier molecular flexibility index (Phi) is 5.81. The van der Waals surface area contributed by atoms with Gasteiger partial charge in [0.15, 0.2) is 0 Å². The van der Waals surface area contributed by atoms with Crippen LogP contribution in [0.25, 0.3) is 0 Å². The van der Waals surface area contributed by atoms with Crippen LogP contribution in [-0.4, -0.2) is 16.8 Å². The topological polar surface area (TPSA) is 29.1 Å². The van der Waals surface area contributed by atoms with Crippen molar-refractivity contribution in [1.29, 1.82) is 0 Å². The highest BCUT2D eigenvalue weighted by atomic mass is 79.9. The Morgan fingerprint density at radius 1 is 1.31 bits per heavy atom. The number of carbonyl (C=O) groups excluding carboxylic acids is 1. The molecule has 0 heterocycles. The summed E-state index contributed by atoms with van der Waals surface area (Å²) in [6, 6.07) is 0.411. The minimum absolute atomic E-state index is 0.0450. The summed E-state index contributed by atoms with van der Waals surface area (Å²) in [6.07, 6.45) is 6.14. The predicted octanol–water partition coefficient (Wildman–Crippen LogP) is 3.49. The van der Waals surface area contributed by atoms with Crippen LogP contribution in [-0.2, 0) is 4.79 Å². The zero-order chi connectivity index (χ0) is 12.1. The third-order valence-corrected chi connectivity index (χ3v) is 5.08. The van der Waals surface area contributed by atoms with E-state index in [0.29, 0.717) is 12.0 Å². The molecule has 2 nitrogen and oxygen atoms in total. The summed E-state index contributed by atoms with van der Waals surface area (Å²) >= 11 is 3.45. The van der Waals surface area contributed by atoms with E-state index in [1.807, 2.05) is 0 Å². The summed E-state index contributed by atoms with van der Waals surface area (Å²) < 4.78 is 0. The highest BCUT2D eigenvalue weighted by molar-refractivity contribution is 9.10. The largest absolute Gasteiger partial charge is 0.352 e. The van der Waals surface area contributed by atoms with E-state index in [4.69, 9.17) is 0 Å². The Labute approximate surface area is 108 Å². The molecule has 1 rings (SSSR count). The van der Waals surface area contributed by atoms with Crippen molar-refractivity contribution in [3.63, 3.8) is 0 Å². The van der Waals surface area contributed by atoms with E-state index in [-0.39, 0.29) is 10.7 Å². The minimum Gasteiger partial charge on any atom is -0.352 e. The third-order valence-electron chi connectivity index (χ3n) is 3.61. The summed E-state index contributed by atoms with van der Waals surface area (Å²) in [5.74, 6) is 1.40. The smallest absolute Gasteiger partial charge is 0.234 e. The van der Waals surface area contributed by atoms with Crippen molar-refractivity contribution in [2.75, 3.05) is 0 Å². The Morgan fingerprint density at radius 2 is 1.88 bits per heavy atom. The van der Waals surface area contributed by atoms with E-state index in [0.717, 1.165) is 18.8 Å². The third kappa shape index (κ3) is 4.08. The Hall–Kier alpha value is -0.0500. The molecule has 0 saturated heterocycles. The van der Waals surface area contributed by atoms with Gasteiger partial charge >= 0.3 is 0 Å². The lowest BCUT2D eigenvalue weighted by Gasteiger charge is -2.29. The quantitative estimate of drug-likeness (QED) is 0.789. The van der Waals surface area contributed by atoms with Gasteiger partial charge in [-0.05, 0) is 37.5 Å². The van der Waals surface area contributed by atoms with Crippen LogP contribution in [0.1, 0.15) is 52.9 Å². The van der Waals surface area contributed by atoms with Gasteiger partial charge in [-0.3, -0.25) is 4.79 Å². The molecule has 16 heavy (non-hydrogen) atoms. The molecule has 1 saturated carbocycles. The molecular weight excluding hydrogens is 266 g/mol. The van der Waals surface area contributed by atoms with Crippen LogP contribution in [0.3, 0.4) is 0 Å². The molecule has 3 heteroatoms. The number of carbonyl (C=O) groups is 1. The van der Waals surface area contributed by atoms with E-state index < -0.39 is 0 Å². The van der Waals surface area contributed by atoms with Crippen LogP contribution in [0.2, 0.25) is 0 Å². The lowest BCUT2D eigenvalue weighted by molar-refractivity contribution is -0.122. The maximum atomic E-state index is 11.8. The van der Waals surface area contributed by atoms with Gasteiger partial charge < -0.3 is 5.32 Å².